The van der Waals surface area contributed by atoms with E-state index in [1.165, 1.54) is 0 Å². The minimum absolute atomic E-state index is 0.0238. The number of thioether (sulfide) groups is 1. The van der Waals surface area contributed by atoms with Gasteiger partial charge in [-0.1, -0.05) is 35.5 Å². The number of nitrogens with zero attached hydrogens (tertiary/aromatic N) is 3. The van der Waals surface area contributed by atoms with Gasteiger partial charge >= 0.3 is 0 Å². The minimum atomic E-state index is -0.196. The van der Waals surface area contributed by atoms with Crippen molar-refractivity contribution in [2.24, 2.45) is 0 Å². The number of hydrogen-bond donors (Lipinski definition) is 1. The van der Waals surface area contributed by atoms with Gasteiger partial charge in [0.15, 0.2) is 0 Å². The third-order valence-corrected chi connectivity index (χ3v) is 4.99. The maximum absolute atomic E-state index is 12.2. The van der Waals surface area contributed by atoms with Gasteiger partial charge in [0, 0.05) is 30.4 Å². The first kappa shape index (κ1) is 20.9. The number of halogens is 1. The van der Waals surface area contributed by atoms with Crippen LogP contribution in [0.1, 0.15) is 5.56 Å². The van der Waals surface area contributed by atoms with E-state index in [9.17, 15) is 9.59 Å². The van der Waals surface area contributed by atoms with E-state index in [0.717, 1.165) is 22.9 Å². The van der Waals surface area contributed by atoms with Crippen LogP contribution in [-0.4, -0.2) is 46.8 Å². The Morgan fingerprint density at radius 2 is 1.76 bits per heavy atom. The van der Waals surface area contributed by atoms with E-state index in [-0.39, 0.29) is 17.6 Å². The maximum atomic E-state index is 12.2. The standard InChI is InChI=1S/C20H19ClN4O3S/c1-25(2)18(27)11-13-3-9-16(10-4-13)22-17(26)12-29-20-24-23-19(28-20)14-5-7-15(21)8-6-14/h3-10H,11-12H2,1-2H3,(H,22,26). The van der Waals surface area contributed by atoms with Crippen LogP contribution in [0, 0.1) is 0 Å². The Labute approximate surface area is 177 Å². The third-order valence-electron chi connectivity index (χ3n) is 3.92. The predicted octanol–water partition coefficient (Wildman–Crippen LogP) is 3.75. The van der Waals surface area contributed by atoms with Crippen molar-refractivity contribution in [3.05, 3.63) is 59.1 Å². The molecule has 9 heteroatoms. The van der Waals surface area contributed by atoms with Crippen LogP contribution in [0.4, 0.5) is 5.69 Å². The molecule has 0 aliphatic rings. The van der Waals surface area contributed by atoms with Crippen LogP contribution in [-0.2, 0) is 16.0 Å². The first-order chi connectivity index (χ1) is 13.9. The molecule has 0 bridgehead atoms. The minimum Gasteiger partial charge on any atom is -0.411 e. The Morgan fingerprint density at radius 1 is 1.07 bits per heavy atom. The first-order valence-corrected chi connectivity index (χ1v) is 10.1. The Bertz CT molecular complexity index is 988. The molecule has 7 nitrogen and oxygen atoms in total. The lowest BCUT2D eigenvalue weighted by Gasteiger charge is -2.10. The smallest absolute Gasteiger partial charge is 0.277 e. The second-order valence-corrected chi connectivity index (χ2v) is 7.74. The maximum Gasteiger partial charge on any atom is 0.277 e. The van der Waals surface area contributed by atoms with Gasteiger partial charge in [0.25, 0.3) is 5.22 Å². The average molecular weight is 431 g/mol. The summed E-state index contributed by atoms with van der Waals surface area (Å²) < 4.78 is 5.56. The lowest BCUT2D eigenvalue weighted by atomic mass is 10.1. The summed E-state index contributed by atoms with van der Waals surface area (Å²) in [6, 6.07) is 14.2. The van der Waals surface area contributed by atoms with E-state index in [1.807, 2.05) is 12.1 Å². The van der Waals surface area contributed by atoms with E-state index in [0.29, 0.717) is 28.2 Å². The van der Waals surface area contributed by atoms with E-state index in [2.05, 4.69) is 15.5 Å². The van der Waals surface area contributed by atoms with Crippen molar-refractivity contribution in [1.82, 2.24) is 15.1 Å². The summed E-state index contributed by atoms with van der Waals surface area (Å²) >= 11 is 7.02. The fourth-order valence-corrected chi connectivity index (χ4v) is 3.03. The molecule has 0 spiro atoms. The van der Waals surface area contributed by atoms with E-state index in [1.54, 1.807) is 55.4 Å². The fourth-order valence-electron chi connectivity index (χ4n) is 2.34. The molecule has 0 aliphatic heterocycles. The molecule has 0 unspecified atom stereocenters. The molecule has 1 heterocycles. The molecular formula is C20H19ClN4O3S. The lowest BCUT2D eigenvalue weighted by molar-refractivity contribution is -0.128. The van der Waals surface area contributed by atoms with E-state index in [4.69, 9.17) is 16.0 Å². The molecule has 2 aromatic carbocycles. The molecule has 0 atom stereocenters. The van der Waals surface area contributed by atoms with Gasteiger partial charge in [0.05, 0.1) is 12.2 Å². The summed E-state index contributed by atoms with van der Waals surface area (Å²) in [4.78, 5) is 25.4. The third kappa shape index (κ3) is 6.07. The second kappa shape index (κ2) is 9.58. The van der Waals surface area contributed by atoms with Crippen molar-refractivity contribution < 1.29 is 14.0 Å². The Balaban J connectivity index is 1.50. The molecule has 1 N–H and O–H groups in total. The number of amides is 2. The van der Waals surface area contributed by atoms with Crippen LogP contribution in [0.5, 0.6) is 0 Å². The normalized spacial score (nSPS) is 10.6. The van der Waals surface area contributed by atoms with Crippen molar-refractivity contribution in [2.45, 2.75) is 11.6 Å². The largest absolute Gasteiger partial charge is 0.411 e. The molecule has 1 aromatic heterocycles. The molecule has 150 valence electrons. The van der Waals surface area contributed by atoms with Gasteiger partial charge in [-0.25, -0.2) is 0 Å². The number of benzene rings is 2. The zero-order valence-corrected chi connectivity index (χ0v) is 17.5. The monoisotopic (exact) mass is 430 g/mol. The quantitative estimate of drug-likeness (QED) is 0.574. The molecule has 3 rings (SSSR count). The second-order valence-electron chi connectivity index (χ2n) is 6.38. The lowest BCUT2D eigenvalue weighted by Crippen LogP contribution is -2.23. The van der Waals surface area contributed by atoms with Gasteiger partial charge in [-0.15, -0.1) is 10.2 Å². The molecule has 0 saturated heterocycles. The van der Waals surface area contributed by atoms with Gasteiger partial charge in [0.2, 0.25) is 17.7 Å². The van der Waals surface area contributed by atoms with Crippen LogP contribution in [0.25, 0.3) is 11.5 Å². The zero-order valence-electron chi connectivity index (χ0n) is 15.9. The van der Waals surface area contributed by atoms with Gasteiger partial charge in [-0.05, 0) is 42.0 Å². The van der Waals surface area contributed by atoms with Gasteiger partial charge in [-0.2, -0.15) is 0 Å². The summed E-state index contributed by atoms with van der Waals surface area (Å²) in [6.45, 7) is 0. The molecule has 0 aliphatic carbocycles. The summed E-state index contributed by atoms with van der Waals surface area (Å²) in [6.07, 6.45) is 0.324. The Kier molecular flexibility index (Phi) is 6.90. The number of likely N-dealkylation sites (N-methyl/N-ethyl adjacent to an activating group) is 1. The molecular weight excluding hydrogens is 412 g/mol. The van der Waals surface area contributed by atoms with Gasteiger partial charge < -0.3 is 14.6 Å². The summed E-state index contributed by atoms with van der Waals surface area (Å²) in [5.41, 5.74) is 2.30. The molecule has 0 radical (unpaired) electrons. The molecule has 2 amide bonds. The SMILES string of the molecule is CN(C)C(=O)Cc1ccc(NC(=O)CSc2nnc(-c3ccc(Cl)cc3)o2)cc1. The van der Waals surface area contributed by atoms with Gasteiger partial charge in [-0.3, -0.25) is 9.59 Å². The van der Waals surface area contributed by atoms with E-state index < -0.39 is 0 Å². The number of hydrogen-bond acceptors (Lipinski definition) is 6. The summed E-state index contributed by atoms with van der Waals surface area (Å²) in [5, 5.41) is 11.7. The number of anilines is 1. The van der Waals surface area contributed by atoms with Crippen molar-refractivity contribution in [3.63, 3.8) is 0 Å². The highest BCUT2D eigenvalue weighted by atomic mass is 35.5. The predicted molar refractivity (Wildman–Crippen MR) is 113 cm³/mol. The topological polar surface area (TPSA) is 88.3 Å². The number of carbonyl (C=O) groups excluding carboxylic acids is 2. The van der Waals surface area contributed by atoms with Crippen LogP contribution >= 0.6 is 23.4 Å². The zero-order chi connectivity index (χ0) is 20.8. The molecule has 0 fully saturated rings. The fraction of sp³-hybridized carbons (Fsp3) is 0.200. The summed E-state index contributed by atoms with van der Waals surface area (Å²) in [7, 11) is 3.44. The van der Waals surface area contributed by atoms with E-state index >= 15 is 0 Å². The van der Waals surface area contributed by atoms with Crippen LogP contribution in [0.2, 0.25) is 5.02 Å². The van der Waals surface area contributed by atoms with Crippen molar-refractivity contribution in [1.29, 1.82) is 0 Å². The molecule has 0 saturated carbocycles. The highest BCUT2D eigenvalue weighted by molar-refractivity contribution is 7.99. The number of rotatable bonds is 7. The Hall–Kier alpha value is -2.84. The first-order valence-electron chi connectivity index (χ1n) is 8.72. The average Bonchev–Trinajstić information content (AvgIpc) is 3.17. The summed E-state index contributed by atoms with van der Waals surface area (Å²) in [5.74, 6) is 0.324. The number of aromatic nitrogens is 2. The van der Waals surface area contributed by atoms with Crippen LogP contribution < -0.4 is 5.32 Å². The highest BCUT2D eigenvalue weighted by Crippen LogP contribution is 2.24. The number of carbonyl (C=O) groups is 2. The van der Waals surface area contributed by atoms with Gasteiger partial charge in [0.1, 0.15) is 0 Å². The molecule has 3 aromatic rings. The highest BCUT2D eigenvalue weighted by Gasteiger charge is 2.12. The Morgan fingerprint density at radius 3 is 2.41 bits per heavy atom. The van der Waals surface area contributed by atoms with Crippen LogP contribution in [0.15, 0.2) is 58.2 Å². The van der Waals surface area contributed by atoms with Crippen LogP contribution in [0.3, 0.4) is 0 Å². The molecule has 29 heavy (non-hydrogen) atoms. The van der Waals surface area contributed by atoms with Crippen molar-refractivity contribution in [3.8, 4) is 11.5 Å². The van der Waals surface area contributed by atoms with Crippen molar-refractivity contribution in [2.75, 3.05) is 25.2 Å². The van der Waals surface area contributed by atoms with Crippen molar-refractivity contribution >= 4 is 40.9 Å². The number of nitrogens with one attached hydrogen (secondary N) is 1.